The maximum atomic E-state index is 4.66. The van der Waals surface area contributed by atoms with E-state index in [1.165, 1.54) is 42.8 Å². The van der Waals surface area contributed by atoms with Crippen molar-refractivity contribution >= 4 is 11.3 Å². The molecular formula is C16H28N2S. The molecule has 3 heteroatoms. The Balaban J connectivity index is 2.05. The van der Waals surface area contributed by atoms with E-state index in [1.807, 2.05) is 0 Å². The van der Waals surface area contributed by atoms with Gasteiger partial charge in [0.15, 0.2) is 0 Å². The fraction of sp³-hybridized carbons (Fsp3) is 0.812. The number of aromatic nitrogens is 1. The van der Waals surface area contributed by atoms with Gasteiger partial charge in [-0.05, 0) is 31.7 Å². The lowest BCUT2D eigenvalue weighted by Crippen LogP contribution is -2.42. The summed E-state index contributed by atoms with van der Waals surface area (Å²) in [6.07, 6.45) is 8.13. The molecular weight excluding hydrogens is 252 g/mol. The highest BCUT2D eigenvalue weighted by molar-refractivity contribution is 7.09. The van der Waals surface area contributed by atoms with Crippen LogP contribution in [-0.2, 0) is 6.42 Å². The zero-order chi connectivity index (χ0) is 13.7. The predicted molar refractivity (Wildman–Crippen MR) is 83.8 cm³/mol. The smallest absolute Gasteiger partial charge is 0.0897 e. The molecule has 1 saturated carbocycles. The standard InChI is InChI=1S/C16H28N2S/c1-4-13-8-6-7-9-15(13)16(17-5-2)10-14-11-19-12(3)18-14/h11,13,15-17H,4-10H2,1-3H3. The van der Waals surface area contributed by atoms with Crippen molar-refractivity contribution in [2.45, 2.75) is 65.3 Å². The summed E-state index contributed by atoms with van der Waals surface area (Å²) in [5.74, 6) is 1.76. The minimum atomic E-state index is 0.622. The van der Waals surface area contributed by atoms with Gasteiger partial charge in [0.25, 0.3) is 0 Å². The van der Waals surface area contributed by atoms with Gasteiger partial charge in [0.2, 0.25) is 0 Å². The van der Waals surface area contributed by atoms with Crippen molar-refractivity contribution in [1.29, 1.82) is 0 Å². The van der Waals surface area contributed by atoms with Crippen molar-refractivity contribution in [2.75, 3.05) is 6.54 Å². The fourth-order valence-electron chi connectivity index (χ4n) is 3.64. The van der Waals surface area contributed by atoms with Crippen LogP contribution in [0.3, 0.4) is 0 Å². The molecule has 3 atom stereocenters. The van der Waals surface area contributed by atoms with E-state index in [-0.39, 0.29) is 0 Å². The Bertz CT molecular complexity index is 375. The van der Waals surface area contributed by atoms with Crippen LogP contribution < -0.4 is 5.32 Å². The summed E-state index contributed by atoms with van der Waals surface area (Å²) in [6.45, 7) is 7.76. The SMILES string of the molecule is CCNC(Cc1csc(C)n1)C1CCCCC1CC. The molecule has 1 aromatic heterocycles. The lowest BCUT2D eigenvalue weighted by atomic mass is 9.73. The van der Waals surface area contributed by atoms with Crippen LogP contribution in [0.15, 0.2) is 5.38 Å². The van der Waals surface area contributed by atoms with Crippen LogP contribution in [0.5, 0.6) is 0 Å². The third kappa shape index (κ3) is 4.03. The first-order chi connectivity index (χ1) is 9.24. The van der Waals surface area contributed by atoms with Crippen molar-refractivity contribution in [2.24, 2.45) is 11.8 Å². The first kappa shape index (κ1) is 15.0. The number of likely N-dealkylation sites (N-methyl/N-ethyl adjacent to an activating group) is 1. The van der Waals surface area contributed by atoms with E-state index in [1.54, 1.807) is 11.3 Å². The molecule has 19 heavy (non-hydrogen) atoms. The number of aryl methyl sites for hydroxylation is 1. The van der Waals surface area contributed by atoms with E-state index >= 15 is 0 Å². The normalized spacial score (nSPS) is 25.4. The highest BCUT2D eigenvalue weighted by Crippen LogP contribution is 2.35. The molecule has 0 bridgehead atoms. The van der Waals surface area contributed by atoms with E-state index in [2.05, 4.69) is 36.5 Å². The fourth-order valence-corrected chi connectivity index (χ4v) is 4.26. The molecule has 1 fully saturated rings. The monoisotopic (exact) mass is 280 g/mol. The molecule has 2 rings (SSSR count). The van der Waals surface area contributed by atoms with E-state index in [4.69, 9.17) is 0 Å². The Hall–Kier alpha value is -0.410. The third-order valence-corrected chi connectivity index (χ3v) is 5.39. The van der Waals surface area contributed by atoms with Gasteiger partial charge in [-0.3, -0.25) is 0 Å². The molecule has 1 aromatic rings. The number of nitrogens with zero attached hydrogens (tertiary/aromatic N) is 1. The molecule has 3 unspecified atom stereocenters. The Morgan fingerprint density at radius 3 is 2.79 bits per heavy atom. The summed E-state index contributed by atoms with van der Waals surface area (Å²) in [6, 6.07) is 0.622. The van der Waals surface area contributed by atoms with Gasteiger partial charge >= 0.3 is 0 Å². The minimum absolute atomic E-state index is 0.622. The highest BCUT2D eigenvalue weighted by atomic mass is 32.1. The van der Waals surface area contributed by atoms with Crippen LogP contribution in [0.2, 0.25) is 0 Å². The molecule has 2 nitrogen and oxygen atoms in total. The van der Waals surface area contributed by atoms with Crippen LogP contribution in [0.25, 0.3) is 0 Å². The van der Waals surface area contributed by atoms with Gasteiger partial charge in [-0.15, -0.1) is 11.3 Å². The number of thiazole rings is 1. The van der Waals surface area contributed by atoms with Crippen LogP contribution in [-0.4, -0.2) is 17.6 Å². The maximum Gasteiger partial charge on any atom is 0.0897 e. The molecule has 0 aliphatic heterocycles. The van der Waals surface area contributed by atoms with Crippen molar-refractivity contribution in [1.82, 2.24) is 10.3 Å². The lowest BCUT2D eigenvalue weighted by Gasteiger charge is -2.37. The second kappa shape index (κ2) is 7.39. The van der Waals surface area contributed by atoms with Crippen LogP contribution in [0.1, 0.15) is 56.7 Å². The third-order valence-electron chi connectivity index (χ3n) is 4.57. The molecule has 1 aliphatic rings. The van der Waals surface area contributed by atoms with Gasteiger partial charge < -0.3 is 5.32 Å². The van der Waals surface area contributed by atoms with Gasteiger partial charge in [-0.25, -0.2) is 4.98 Å². The molecule has 1 heterocycles. The second-order valence-electron chi connectivity index (χ2n) is 5.84. The Morgan fingerprint density at radius 2 is 2.16 bits per heavy atom. The zero-order valence-electron chi connectivity index (χ0n) is 12.6. The van der Waals surface area contributed by atoms with Crippen LogP contribution >= 0.6 is 11.3 Å². The topological polar surface area (TPSA) is 24.9 Å². The van der Waals surface area contributed by atoms with E-state index in [0.717, 1.165) is 24.8 Å². The molecule has 1 N–H and O–H groups in total. The predicted octanol–water partition coefficient (Wildman–Crippen LogP) is 4.19. The average Bonchev–Trinajstić information content (AvgIpc) is 2.84. The number of nitrogens with one attached hydrogen (secondary N) is 1. The van der Waals surface area contributed by atoms with Gasteiger partial charge in [0.1, 0.15) is 0 Å². The largest absolute Gasteiger partial charge is 0.314 e. The molecule has 108 valence electrons. The Kier molecular flexibility index (Phi) is 5.83. The Morgan fingerprint density at radius 1 is 1.37 bits per heavy atom. The number of rotatable bonds is 6. The van der Waals surface area contributed by atoms with Crippen molar-refractivity contribution < 1.29 is 0 Å². The van der Waals surface area contributed by atoms with Gasteiger partial charge in [0.05, 0.1) is 10.7 Å². The van der Waals surface area contributed by atoms with E-state index in [0.29, 0.717) is 6.04 Å². The molecule has 0 amide bonds. The quantitative estimate of drug-likeness (QED) is 0.845. The molecule has 0 spiro atoms. The van der Waals surface area contributed by atoms with Crippen molar-refractivity contribution in [3.05, 3.63) is 16.1 Å². The summed E-state index contributed by atoms with van der Waals surface area (Å²) < 4.78 is 0. The highest BCUT2D eigenvalue weighted by Gasteiger charge is 2.30. The van der Waals surface area contributed by atoms with Gasteiger partial charge in [-0.1, -0.05) is 39.5 Å². The number of hydrogen-bond donors (Lipinski definition) is 1. The summed E-state index contributed by atoms with van der Waals surface area (Å²) in [4.78, 5) is 4.66. The van der Waals surface area contributed by atoms with Crippen molar-refractivity contribution in [3.63, 3.8) is 0 Å². The summed E-state index contributed by atoms with van der Waals surface area (Å²) >= 11 is 1.78. The lowest BCUT2D eigenvalue weighted by molar-refractivity contribution is 0.175. The first-order valence-corrected chi connectivity index (χ1v) is 8.77. The summed E-state index contributed by atoms with van der Waals surface area (Å²) in [5, 5.41) is 7.17. The molecule has 0 radical (unpaired) electrons. The molecule has 0 aromatic carbocycles. The van der Waals surface area contributed by atoms with Gasteiger partial charge in [-0.2, -0.15) is 0 Å². The van der Waals surface area contributed by atoms with E-state index in [9.17, 15) is 0 Å². The van der Waals surface area contributed by atoms with E-state index < -0.39 is 0 Å². The number of hydrogen-bond acceptors (Lipinski definition) is 3. The Labute approximate surface area is 122 Å². The molecule has 0 saturated heterocycles. The van der Waals surface area contributed by atoms with Crippen molar-refractivity contribution in [3.8, 4) is 0 Å². The van der Waals surface area contributed by atoms with Crippen LogP contribution in [0.4, 0.5) is 0 Å². The first-order valence-electron chi connectivity index (χ1n) is 7.89. The second-order valence-corrected chi connectivity index (χ2v) is 6.91. The molecule has 1 aliphatic carbocycles. The van der Waals surface area contributed by atoms with Crippen LogP contribution in [0, 0.1) is 18.8 Å². The minimum Gasteiger partial charge on any atom is -0.314 e. The maximum absolute atomic E-state index is 4.66. The van der Waals surface area contributed by atoms with Gasteiger partial charge in [0, 0.05) is 17.8 Å². The average molecular weight is 280 g/mol. The summed E-state index contributed by atoms with van der Waals surface area (Å²) in [5.41, 5.74) is 1.29. The zero-order valence-corrected chi connectivity index (χ0v) is 13.4. The summed E-state index contributed by atoms with van der Waals surface area (Å²) in [7, 11) is 0.